The van der Waals surface area contributed by atoms with Crippen LogP contribution in [0.5, 0.6) is 0 Å². The first-order chi connectivity index (χ1) is 23.9. The van der Waals surface area contributed by atoms with Crippen molar-refractivity contribution in [3.8, 4) is 0 Å². The summed E-state index contributed by atoms with van der Waals surface area (Å²) in [6.45, 7) is 1.76. The van der Waals surface area contributed by atoms with E-state index in [1.54, 1.807) is 0 Å². The maximum Gasteiger partial charge on any atom is 0.481 e. The predicted molar refractivity (Wildman–Crippen MR) is 173 cm³/mol. The third-order valence-corrected chi connectivity index (χ3v) is 10.4. The van der Waals surface area contributed by atoms with Gasteiger partial charge in [0.25, 0.3) is 0 Å². The fraction of sp³-hybridized carbons (Fsp3) is 0.667. The van der Waals surface area contributed by atoms with Crippen molar-refractivity contribution in [2.45, 2.75) is 70.3 Å². The molecule has 1 fully saturated rings. The SMILES string of the molecule is CC(N)C(=O)CCNC(=O)CCNC(=O)C(O)C(C)(C)COP(=O)(O)OP(=O)(O)OCC1OC(n2cnc3c(N)ncnc32)C(O)C1OP(=O)(O)O. The van der Waals surface area contributed by atoms with Gasteiger partial charge in [-0.05, 0) is 6.92 Å². The van der Waals surface area contributed by atoms with E-state index in [0.717, 1.165) is 17.2 Å². The van der Waals surface area contributed by atoms with Crippen LogP contribution in [0.15, 0.2) is 12.7 Å². The van der Waals surface area contributed by atoms with Crippen LogP contribution in [0.25, 0.3) is 11.2 Å². The number of phosphoric acid groups is 3. The number of aromatic nitrogens is 4. The molecule has 2 amide bonds. The summed E-state index contributed by atoms with van der Waals surface area (Å²) in [6, 6.07) is -0.679. The van der Waals surface area contributed by atoms with E-state index in [0.29, 0.717) is 0 Å². The standard InChI is InChI=1S/C24H41N8O17P3/c1-12(25)13(33)4-6-27-15(34)5-7-28-22(37)19(36)24(2,3)9-46-52(43,44)49-51(41,42)45-8-14-18(48-50(38,39)40)17(35)23(47-14)32-11-31-16-20(26)29-10-30-21(16)32/h10-12,14,17-19,23,35-36H,4-9,25H2,1-3H3,(H,27,34)(H,28,37)(H,41,42)(H,43,44)(H2,26,29,30)(H2,38,39,40). The number of carbonyl (C=O) groups is 3. The number of ether oxygens (including phenoxy) is 1. The predicted octanol–water partition coefficient (Wildman–Crippen LogP) is -2.29. The highest BCUT2D eigenvalue weighted by atomic mass is 31.3. The van der Waals surface area contributed by atoms with Gasteiger partial charge in [-0.25, -0.2) is 28.6 Å². The van der Waals surface area contributed by atoms with Crippen molar-refractivity contribution < 1.29 is 80.5 Å². The highest BCUT2D eigenvalue weighted by molar-refractivity contribution is 7.61. The number of Topliss-reactive ketones (excluding diaryl/α,β-unsaturated/α-hetero) is 1. The normalized spacial score (nSPS) is 23.0. The number of aliphatic hydroxyl groups is 2. The van der Waals surface area contributed by atoms with Crippen molar-refractivity contribution in [1.82, 2.24) is 30.2 Å². The Kier molecular flexibility index (Phi) is 14.7. The first-order valence-electron chi connectivity index (χ1n) is 15.1. The number of nitrogens with one attached hydrogen (secondary N) is 2. The van der Waals surface area contributed by atoms with Gasteiger partial charge in [0, 0.05) is 31.3 Å². The molecule has 1 saturated heterocycles. The van der Waals surface area contributed by atoms with Crippen molar-refractivity contribution in [2.75, 3.05) is 32.0 Å². The molecule has 294 valence electrons. The molecule has 0 saturated carbocycles. The molecule has 0 spiro atoms. The highest BCUT2D eigenvalue weighted by Crippen LogP contribution is 2.61. The molecule has 1 aliphatic heterocycles. The Balaban J connectivity index is 1.55. The summed E-state index contributed by atoms with van der Waals surface area (Å²) in [5.74, 6) is -1.80. The number of nitrogen functional groups attached to an aromatic ring is 1. The van der Waals surface area contributed by atoms with Crippen molar-refractivity contribution in [2.24, 2.45) is 11.1 Å². The van der Waals surface area contributed by atoms with E-state index in [4.69, 9.17) is 25.3 Å². The van der Waals surface area contributed by atoms with Gasteiger partial charge in [0.1, 0.15) is 36.3 Å². The Labute approximate surface area is 294 Å². The first-order valence-corrected chi connectivity index (χ1v) is 19.6. The smallest absolute Gasteiger partial charge is 0.386 e. The number of phosphoric ester groups is 3. The number of hydrogen-bond acceptors (Lipinski definition) is 18. The number of imidazole rings is 1. The van der Waals surface area contributed by atoms with Gasteiger partial charge in [-0.2, -0.15) is 4.31 Å². The van der Waals surface area contributed by atoms with Gasteiger partial charge in [0.05, 0.1) is 25.6 Å². The van der Waals surface area contributed by atoms with Gasteiger partial charge in [0.15, 0.2) is 23.5 Å². The zero-order valence-corrected chi connectivity index (χ0v) is 30.5. The minimum atomic E-state index is -5.57. The van der Waals surface area contributed by atoms with Gasteiger partial charge < -0.3 is 56.6 Å². The number of nitrogens with zero attached hydrogens (tertiary/aromatic N) is 4. The summed E-state index contributed by atoms with van der Waals surface area (Å²) in [5.41, 5.74) is 9.68. The molecular weight excluding hydrogens is 765 g/mol. The van der Waals surface area contributed by atoms with E-state index in [1.165, 1.54) is 20.8 Å². The van der Waals surface area contributed by atoms with E-state index in [2.05, 4.69) is 34.4 Å². The lowest BCUT2D eigenvalue weighted by atomic mass is 9.87. The van der Waals surface area contributed by atoms with Crippen LogP contribution in [0.4, 0.5) is 5.82 Å². The van der Waals surface area contributed by atoms with E-state index < -0.39 is 90.6 Å². The lowest BCUT2D eigenvalue weighted by molar-refractivity contribution is -0.137. The molecule has 0 radical (unpaired) electrons. The number of ketones is 1. The quantitative estimate of drug-likeness (QED) is 0.0629. The topological polar surface area (TPSA) is 390 Å². The molecule has 2 aromatic rings. The second kappa shape index (κ2) is 17.5. The molecule has 0 aromatic carbocycles. The van der Waals surface area contributed by atoms with Crippen molar-refractivity contribution >= 4 is 58.0 Å². The lowest BCUT2D eigenvalue weighted by Gasteiger charge is -2.30. The summed E-state index contributed by atoms with van der Waals surface area (Å²) < 4.78 is 61.8. The van der Waals surface area contributed by atoms with Crippen LogP contribution in [0.3, 0.4) is 0 Å². The fourth-order valence-corrected chi connectivity index (χ4v) is 7.32. The molecule has 3 rings (SSSR count). The molecule has 28 heteroatoms. The molecule has 3 heterocycles. The van der Waals surface area contributed by atoms with Crippen molar-refractivity contribution in [3.05, 3.63) is 12.7 Å². The molecular formula is C24H41N8O17P3. The molecule has 8 atom stereocenters. The number of aliphatic hydroxyl groups excluding tert-OH is 2. The molecule has 8 unspecified atom stereocenters. The molecule has 52 heavy (non-hydrogen) atoms. The van der Waals surface area contributed by atoms with Gasteiger partial charge in [0.2, 0.25) is 11.8 Å². The van der Waals surface area contributed by atoms with Gasteiger partial charge in [-0.15, -0.1) is 0 Å². The van der Waals surface area contributed by atoms with E-state index in [9.17, 15) is 57.9 Å². The third-order valence-electron chi connectivity index (χ3n) is 7.28. The van der Waals surface area contributed by atoms with E-state index >= 15 is 0 Å². The zero-order chi connectivity index (χ0) is 39.2. The summed E-state index contributed by atoms with van der Waals surface area (Å²) >= 11 is 0. The van der Waals surface area contributed by atoms with Crippen LogP contribution < -0.4 is 22.1 Å². The summed E-state index contributed by atoms with van der Waals surface area (Å²) in [7, 11) is -16.4. The highest BCUT2D eigenvalue weighted by Gasteiger charge is 2.50. The molecule has 1 aliphatic rings. The summed E-state index contributed by atoms with van der Waals surface area (Å²) in [4.78, 5) is 86.6. The average Bonchev–Trinajstić information content (AvgIpc) is 3.58. The third kappa shape index (κ3) is 12.4. The molecule has 0 bridgehead atoms. The first kappa shape index (κ1) is 43.6. The second-order valence-electron chi connectivity index (χ2n) is 12.1. The molecule has 12 N–H and O–H groups in total. The van der Waals surface area contributed by atoms with Crippen LogP contribution in [-0.4, -0.2) is 124 Å². The largest absolute Gasteiger partial charge is 0.481 e. The second-order valence-corrected chi connectivity index (χ2v) is 16.3. The maximum absolute atomic E-state index is 12.6. The van der Waals surface area contributed by atoms with Crippen LogP contribution in [0.2, 0.25) is 0 Å². The van der Waals surface area contributed by atoms with Crippen LogP contribution >= 0.6 is 23.5 Å². The van der Waals surface area contributed by atoms with E-state index in [1.807, 2.05) is 0 Å². The van der Waals surface area contributed by atoms with Crippen molar-refractivity contribution in [1.29, 1.82) is 0 Å². The number of rotatable bonds is 20. The van der Waals surface area contributed by atoms with Crippen LogP contribution in [0, 0.1) is 5.41 Å². The maximum atomic E-state index is 12.6. The lowest BCUT2D eigenvalue weighted by Crippen LogP contribution is -2.46. The Hall–Kier alpha value is -2.83. The minimum Gasteiger partial charge on any atom is -0.386 e. The van der Waals surface area contributed by atoms with Crippen LogP contribution in [0.1, 0.15) is 39.8 Å². The Morgan fingerprint density at radius 1 is 1.04 bits per heavy atom. The number of carbonyl (C=O) groups excluding carboxylic acids is 3. The summed E-state index contributed by atoms with van der Waals surface area (Å²) in [5, 5.41) is 26.1. The Bertz CT molecular complexity index is 1740. The monoisotopic (exact) mass is 806 g/mol. The number of amides is 2. The Morgan fingerprint density at radius 3 is 2.31 bits per heavy atom. The summed E-state index contributed by atoms with van der Waals surface area (Å²) in [6.07, 6.45) is -6.96. The number of nitrogens with two attached hydrogens (primary N) is 2. The van der Waals surface area contributed by atoms with Gasteiger partial charge >= 0.3 is 23.5 Å². The van der Waals surface area contributed by atoms with E-state index in [-0.39, 0.29) is 48.7 Å². The number of hydrogen-bond donors (Lipinski definition) is 10. The number of fused-ring (bicyclic) bond motifs is 1. The zero-order valence-electron chi connectivity index (χ0n) is 27.8. The van der Waals surface area contributed by atoms with Gasteiger partial charge in [-0.1, -0.05) is 13.8 Å². The minimum absolute atomic E-state index is 0.0189. The Morgan fingerprint density at radius 2 is 1.67 bits per heavy atom. The van der Waals surface area contributed by atoms with Crippen molar-refractivity contribution in [3.63, 3.8) is 0 Å². The van der Waals surface area contributed by atoms with Crippen LogP contribution in [-0.2, 0) is 50.7 Å². The molecule has 0 aliphatic carbocycles. The molecule has 2 aromatic heterocycles. The number of anilines is 1. The fourth-order valence-electron chi connectivity index (χ4n) is 4.49. The molecule has 25 nitrogen and oxygen atoms in total. The average molecular weight is 807 g/mol. The van der Waals surface area contributed by atoms with Gasteiger partial charge in [-0.3, -0.25) is 32.5 Å².